The summed E-state index contributed by atoms with van der Waals surface area (Å²) in [6, 6.07) is 6.47. The SMILES string of the molecule is COc1ccc(OC)c(NC(=O)c2cc(S(=O)(=O)N3CCC[C@@H](C)C3)cn2C)c1. The Morgan fingerprint density at radius 1 is 1.21 bits per heavy atom. The zero-order chi connectivity index (χ0) is 21.2. The lowest BCUT2D eigenvalue weighted by molar-refractivity contribution is 0.101. The fourth-order valence-corrected chi connectivity index (χ4v) is 5.18. The van der Waals surface area contributed by atoms with Gasteiger partial charge in [0.05, 0.1) is 19.9 Å². The van der Waals surface area contributed by atoms with E-state index in [1.54, 1.807) is 25.2 Å². The minimum absolute atomic E-state index is 0.122. The van der Waals surface area contributed by atoms with E-state index in [9.17, 15) is 13.2 Å². The number of ether oxygens (including phenoxy) is 2. The van der Waals surface area contributed by atoms with Gasteiger partial charge < -0.3 is 19.4 Å². The van der Waals surface area contributed by atoms with Crippen molar-refractivity contribution in [2.24, 2.45) is 13.0 Å². The number of carbonyl (C=O) groups excluding carboxylic acids is 1. The normalized spacial score (nSPS) is 17.7. The molecule has 0 spiro atoms. The summed E-state index contributed by atoms with van der Waals surface area (Å²) in [7, 11) is 1.04. The van der Waals surface area contributed by atoms with Crippen molar-refractivity contribution in [3.05, 3.63) is 36.2 Å². The predicted molar refractivity (Wildman–Crippen MR) is 110 cm³/mol. The van der Waals surface area contributed by atoms with Gasteiger partial charge in [-0.15, -0.1) is 0 Å². The number of piperidine rings is 1. The van der Waals surface area contributed by atoms with E-state index in [-0.39, 0.29) is 10.6 Å². The number of aryl methyl sites for hydroxylation is 1. The number of anilines is 1. The number of hydrogen-bond acceptors (Lipinski definition) is 5. The third-order valence-electron chi connectivity index (χ3n) is 5.12. The molecule has 1 aliphatic rings. The van der Waals surface area contributed by atoms with Crippen molar-refractivity contribution in [3.63, 3.8) is 0 Å². The second-order valence-corrected chi connectivity index (χ2v) is 9.24. The van der Waals surface area contributed by atoms with E-state index >= 15 is 0 Å². The molecule has 29 heavy (non-hydrogen) atoms. The third-order valence-corrected chi connectivity index (χ3v) is 6.96. The molecule has 158 valence electrons. The number of aromatic nitrogens is 1. The monoisotopic (exact) mass is 421 g/mol. The molecule has 3 rings (SSSR count). The molecule has 8 nitrogen and oxygen atoms in total. The minimum atomic E-state index is -3.64. The summed E-state index contributed by atoms with van der Waals surface area (Å²) in [6.45, 7) is 3.05. The fraction of sp³-hybridized carbons (Fsp3) is 0.450. The van der Waals surface area contributed by atoms with Crippen LogP contribution in [0, 0.1) is 5.92 Å². The van der Waals surface area contributed by atoms with Crippen LogP contribution in [0.15, 0.2) is 35.4 Å². The van der Waals surface area contributed by atoms with Gasteiger partial charge in [-0.25, -0.2) is 8.42 Å². The van der Waals surface area contributed by atoms with Gasteiger partial charge in [0.15, 0.2) is 0 Å². The maximum atomic E-state index is 13.0. The van der Waals surface area contributed by atoms with E-state index in [1.807, 2.05) is 6.92 Å². The third kappa shape index (κ3) is 4.40. The van der Waals surface area contributed by atoms with Crippen LogP contribution in [0.2, 0.25) is 0 Å². The predicted octanol–water partition coefficient (Wildman–Crippen LogP) is 2.72. The van der Waals surface area contributed by atoms with Crippen LogP contribution < -0.4 is 14.8 Å². The van der Waals surface area contributed by atoms with Crippen molar-refractivity contribution in [1.29, 1.82) is 0 Å². The van der Waals surface area contributed by atoms with Gasteiger partial charge in [-0.05, 0) is 37.0 Å². The number of nitrogens with zero attached hydrogens (tertiary/aromatic N) is 2. The number of nitrogens with one attached hydrogen (secondary N) is 1. The molecule has 0 aliphatic carbocycles. The van der Waals surface area contributed by atoms with E-state index in [0.717, 1.165) is 12.8 Å². The number of rotatable bonds is 6. The molecule has 0 unspecified atom stereocenters. The van der Waals surface area contributed by atoms with Crippen LogP contribution in [-0.2, 0) is 17.1 Å². The molecule has 0 bridgehead atoms. The lowest BCUT2D eigenvalue weighted by atomic mass is 10.0. The number of sulfonamides is 1. The Kier molecular flexibility index (Phi) is 6.18. The van der Waals surface area contributed by atoms with Crippen LogP contribution in [0.4, 0.5) is 5.69 Å². The average molecular weight is 422 g/mol. The van der Waals surface area contributed by atoms with Crippen molar-refractivity contribution >= 4 is 21.6 Å². The van der Waals surface area contributed by atoms with Gasteiger partial charge in [0.25, 0.3) is 5.91 Å². The molecule has 1 aliphatic heterocycles. The molecule has 1 atom stereocenters. The number of hydrogen-bond donors (Lipinski definition) is 1. The first-order valence-electron chi connectivity index (χ1n) is 9.46. The van der Waals surface area contributed by atoms with Crippen molar-refractivity contribution in [2.75, 3.05) is 32.6 Å². The quantitative estimate of drug-likeness (QED) is 0.775. The largest absolute Gasteiger partial charge is 0.497 e. The van der Waals surface area contributed by atoms with E-state index in [2.05, 4.69) is 5.32 Å². The van der Waals surface area contributed by atoms with Crippen LogP contribution in [0.1, 0.15) is 30.3 Å². The number of amides is 1. The summed E-state index contributed by atoms with van der Waals surface area (Å²) in [4.78, 5) is 13.0. The Bertz CT molecular complexity index is 1000. The van der Waals surface area contributed by atoms with Crippen LogP contribution in [-0.4, -0.2) is 50.5 Å². The van der Waals surface area contributed by atoms with Crippen LogP contribution in [0.3, 0.4) is 0 Å². The minimum Gasteiger partial charge on any atom is -0.497 e. The Balaban J connectivity index is 1.86. The summed E-state index contributed by atoms with van der Waals surface area (Å²) < 4.78 is 39.5. The van der Waals surface area contributed by atoms with Gasteiger partial charge in [0.2, 0.25) is 10.0 Å². The first kappa shape index (κ1) is 21.2. The molecule has 1 aromatic heterocycles. The standard InChI is InChI=1S/C20H27N3O5S/c1-14-6-5-9-23(12-14)29(25,26)16-11-18(22(2)13-16)20(24)21-17-10-15(27-3)7-8-19(17)28-4/h7-8,10-11,13-14H,5-6,9,12H2,1-4H3,(H,21,24)/t14-/m1/s1. The van der Waals surface area contributed by atoms with E-state index in [4.69, 9.17) is 9.47 Å². The first-order valence-corrected chi connectivity index (χ1v) is 10.9. The average Bonchev–Trinajstić information content (AvgIpc) is 3.10. The molecular formula is C20H27N3O5S. The van der Waals surface area contributed by atoms with Crippen LogP contribution in [0.5, 0.6) is 11.5 Å². The summed E-state index contributed by atoms with van der Waals surface area (Å²) in [5.41, 5.74) is 0.672. The molecule has 9 heteroatoms. The van der Waals surface area contributed by atoms with Gasteiger partial charge in [-0.1, -0.05) is 6.92 Å². The smallest absolute Gasteiger partial charge is 0.272 e. The van der Waals surface area contributed by atoms with Gasteiger partial charge in [-0.2, -0.15) is 4.31 Å². The lowest BCUT2D eigenvalue weighted by Crippen LogP contribution is -2.38. The topological polar surface area (TPSA) is 89.9 Å². The van der Waals surface area contributed by atoms with E-state index in [0.29, 0.717) is 36.2 Å². The maximum absolute atomic E-state index is 13.0. The van der Waals surface area contributed by atoms with Crippen LogP contribution in [0.25, 0.3) is 0 Å². The summed E-state index contributed by atoms with van der Waals surface area (Å²) in [6.07, 6.45) is 3.35. The van der Waals surface area contributed by atoms with Crippen molar-refractivity contribution in [2.45, 2.75) is 24.7 Å². The highest BCUT2D eigenvalue weighted by molar-refractivity contribution is 7.89. The maximum Gasteiger partial charge on any atom is 0.272 e. The molecule has 2 heterocycles. The van der Waals surface area contributed by atoms with Crippen LogP contribution >= 0.6 is 0 Å². The Hall–Kier alpha value is -2.52. The molecule has 1 N–H and O–H groups in total. The molecule has 1 saturated heterocycles. The van der Waals surface area contributed by atoms with Gasteiger partial charge in [-0.3, -0.25) is 4.79 Å². The zero-order valence-corrected chi connectivity index (χ0v) is 18.0. The summed E-state index contributed by atoms with van der Waals surface area (Å²) >= 11 is 0. The summed E-state index contributed by atoms with van der Waals surface area (Å²) in [5, 5.41) is 2.77. The first-order chi connectivity index (χ1) is 13.8. The van der Waals surface area contributed by atoms with Crippen molar-refractivity contribution in [1.82, 2.24) is 8.87 Å². The highest BCUT2D eigenvalue weighted by atomic mass is 32.2. The molecular weight excluding hydrogens is 394 g/mol. The molecule has 0 radical (unpaired) electrons. The molecule has 1 aromatic carbocycles. The molecule has 0 saturated carbocycles. The molecule has 1 fully saturated rings. The lowest BCUT2D eigenvalue weighted by Gasteiger charge is -2.29. The van der Waals surface area contributed by atoms with Gasteiger partial charge in [0.1, 0.15) is 22.1 Å². The summed E-state index contributed by atoms with van der Waals surface area (Å²) in [5.74, 6) is 0.928. The zero-order valence-electron chi connectivity index (χ0n) is 17.1. The van der Waals surface area contributed by atoms with E-state index in [1.165, 1.54) is 35.4 Å². The van der Waals surface area contributed by atoms with Crippen molar-refractivity contribution < 1.29 is 22.7 Å². The number of methoxy groups -OCH3 is 2. The molecule has 2 aromatic rings. The number of benzene rings is 1. The second-order valence-electron chi connectivity index (χ2n) is 7.30. The van der Waals surface area contributed by atoms with Crippen molar-refractivity contribution in [3.8, 4) is 11.5 Å². The highest BCUT2D eigenvalue weighted by Crippen LogP contribution is 2.30. The van der Waals surface area contributed by atoms with E-state index < -0.39 is 15.9 Å². The van der Waals surface area contributed by atoms with Gasteiger partial charge in [0, 0.05) is 32.4 Å². The Morgan fingerprint density at radius 2 is 1.97 bits per heavy atom. The second kappa shape index (κ2) is 8.46. The number of carbonyl (C=O) groups is 1. The fourth-order valence-electron chi connectivity index (χ4n) is 3.51. The Labute approximate surface area is 171 Å². The Morgan fingerprint density at radius 3 is 2.62 bits per heavy atom. The highest BCUT2D eigenvalue weighted by Gasteiger charge is 2.30. The van der Waals surface area contributed by atoms with Gasteiger partial charge >= 0.3 is 0 Å². The molecule has 1 amide bonds.